The summed E-state index contributed by atoms with van der Waals surface area (Å²) in [5, 5.41) is 3.15. The molecule has 0 radical (unpaired) electrons. The number of likely N-dealkylation sites (N-methyl/N-ethyl adjacent to an activating group) is 1. The van der Waals surface area contributed by atoms with E-state index in [1.165, 1.54) is 0 Å². The van der Waals surface area contributed by atoms with Crippen molar-refractivity contribution in [2.75, 3.05) is 14.1 Å². The molecule has 0 spiro atoms. The van der Waals surface area contributed by atoms with E-state index < -0.39 is 0 Å². The summed E-state index contributed by atoms with van der Waals surface area (Å²) >= 11 is 0. The van der Waals surface area contributed by atoms with Gasteiger partial charge >= 0.3 is 0 Å². The fourth-order valence-electron chi connectivity index (χ4n) is 1.21. The van der Waals surface area contributed by atoms with Gasteiger partial charge in [0.05, 0.1) is 6.04 Å². The molecule has 14 heavy (non-hydrogen) atoms. The minimum absolute atomic E-state index is 0.0977. The summed E-state index contributed by atoms with van der Waals surface area (Å²) in [5.74, 6) is 0.0977. The van der Waals surface area contributed by atoms with Crippen LogP contribution in [0.15, 0.2) is 18.5 Å². The topological polar surface area (TPSA) is 48.1 Å². The third-order valence-electron chi connectivity index (χ3n) is 2.09. The summed E-state index contributed by atoms with van der Waals surface area (Å²) in [6.45, 7) is 2.58. The van der Waals surface area contributed by atoms with Gasteiger partial charge in [-0.15, -0.1) is 0 Å². The molecule has 1 rings (SSSR count). The van der Waals surface area contributed by atoms with E-state index in [-0.39, 0.29) is 11.9 Å². The Hall–Kier alpha value is -1.29. The Bertz CT molecular complexity index is 280. The minimum atomic E-state index is -0.139. The molecule has 1 aromatic heterocycles. The van der Waals surface area contributed by atoms with Gasteiger partial charge in [-0.25, -0.2) is 0 Å². The fraction of sp³-hybridized carbons (Fsp3) is 0.500. The van der Waals surface area contributed by atoms with Crippen molar-refractivity contribution >= 4 is 5.91 Å². The summed E-state index contributed by atoms with van der Waals surface area (Å²) in [6.07, 6.45) is 3.79. The molecule has 1 aromatic rings. The second-order valence-corrected chi connectivity index (χ2v) is 3.55. The molecule has 78 valence electrons. The third-order valence-corrected chi connectivity index (χ3v) is 2.09. The van der Waals surface area contributed by atoms with Crippen LogP contribution in [0, 0.1) is 0 Å². The predicted octanol–water partition coefficient (Wildman–Crippen LogP) is 0.581. The van der Waals surface area contributed by atoms with E-state index >= 15 is 0 Å². The van der Waals surface area contributed by atoms with Crippen molar-refractivity contribution in [3.05, 3.63) is 24.0 Å². The van der Waals surface area contributed by atoms with Crippen molar-refractivity contribution < 1.29 is 4.79 Å². The molecule has 1 unspecified atom stereocenters. The molecule has 1 heterocycles. The SMILES string of the molecule is CC(NCc1cc[nH]c1)C(=O)N(C)C. The molecule has 0 aliphatic rings. The van der Waals surface area contributed by atoms with Gasteiger partial charge in [0.1, 0.15) is 0 Å². The Morgan fingerprint density at radius 3 is 2.86 bits per heavy atom. The summed E-state index contributed by atoms with van der Waals surface area (Å²) in [6, 6.07) is 1.85. The molecule has 4 nitrogen and oxygen atoms in total. The fourth-order valence-corrected chi connectivity index (χ4v) is 1.21. The molecule has 2 N–H and O–H groups in total. The van der Waals surface area contributed by atoms with Gasteiger partial charge in [-0.1, -0.05) is 0 Å². The van der Waals surface area contributed by atoms with Crippen LogP contribution >= 0.6 is 0 Å². The highest BCUT2D eigenvalue weighted by Crippen LogP contribution is 1.97. The number of carbonyl (C=O) groups is 1. The maximum atomic E-state index is 11.5. The molecule has 0 fully saturated rings. The molecule has 0 bridgehead atoms. The second-order valence-electron chi connectivity index (χ2n) is 3.55. The molecular formula is C10H17N3O. The highest BCUT2D eigenvalue weighted by Gasteiger charge is 2.13. The van der Waals surface area contributed by atoms with Gasteiger partial charge in [0.2, 0.25) is 5.91 Å². The van der Waals surface area contributed by atoms with Crippen molar-refractivity contribution in [2.45, 2.75) is 19.5 Å². The van der Waals surface area contributed by atoms with Crippen LogP contribution in [0.1, 0.15) is 12.5 Å². The number of nitrogens with one attached hydrogen (secondary N) is 2. The Kier molecular flexibility index (Phi) is 3.71. The number of hydrogen-bond acceptors (Lipinski definition) is 2. The summed E-state index contributed by atoms with van der Waals surface area (Å²) in [4.78, 5) is 16.0. The van der Waals surface area contributed by atoms with Crippen LogP contribution < -0.4 is 5.32 Å². The van der Waals surface area contributed by atoms with E-state index in [4.69, 9.17) is 0 Å². The zero-order valence-corrected chi connectivity index (χ0v) is 8.87. The molecule has 1 amide bonds. The van der Waals surface area contributed by atoms with Crippen LogP contribution in [0.4, 0.5) is 0 Å². The lowest BCUT2D eigenvalue weighted by atomic mass is 10.2. The summed E-state index contributed by atoms with van der Waals surface area (Å²) in [7, 11) is 3.52. The Labute approximate surface area is 84.3 Å². The maximum Gasteiger partial charge on any atom is 0.238 e. The van der Waals surface area contributed by atoms with Crippen molar-refractivity contribution in [3.63, 3.8) is 0 Å². The largest absolute Gasteiger partial charge is 0.367 e. The van der Waals surface area contributed by atoms with Gasteiger partial charge in [-0.3, -0.25) is 4.79 Å². The zero-order chi connectivity index (χ0) is 10.6. The van der Waals surface area contributed by atoms with Crippen LogP contribution in [0.2, 0.25) is 0 Å². The monoisotopic (exact) mass is 195 g/mol. The van der Waals surface area contributed by atoms with E-state index in [1.54, 1.807) is 19.0 Å². The van der Waals surface area contributed by atoms with Crippen molar-refractivity contribution in [1.29, 1.82) is 0 Å². The van der Waals surface area contributed by atoms with Crippen LogP contribution in [-0.2, 0) is 11.3 Å². The molecule has 4 heteroatoms. The van der Waals surface area contributed by atoms with Gasteiger partial charge in [0.25, 0.3) is 0 Å². The summed E-state index contributed by atoms with van der Waals surface area (Å²) in [5.41, 5.74) is 1.16. The number of nitrogens with zero attached hydrogens (tertiary/aromatic N) is 1. The molecule has 1 atom stereocenters. The van der Waals surface area contributed by atoms with Crippen molar-refractivity contribution in [1.82, 2.24) is 15.2 Å². The van der Waals surface area contributed by atoms with Gasteiger partial charge in [-0.2, -0.15) is 0 Å². The van der Waals surface area contributed by atoms with Gasteiger partial charge in [0, 0.05) is 33.0 Å². The van der Waals surface area contributed by atoms with Crippen molar-refractivity contribution in [3.8, 4) is 0 Å². The number of rotatable bonds is 4. The van der Waals surface area contributed by atoms with E-state index in [9.17, 15) is 4.79 Å². The first-order valence-corrected chi connectivity index (χ1v) is 4.67. The summed E-state index contributed by atoms with van der Waals surface area (Å²) < 4.78 is 0. The van der Waals surface area contributed by atoms with Gasteiger partial charge < -0.3 is 15.2 Å². The Balaban J connectivity index is 2.35. The third kappa shape index (κ3) is 2.88. The quantitative estimate of drug-likeness (QED) is 0.738. The van der Waals surface area contributed by atoms with E-state index in [2.05, 4.69) is 10.3 Å². The highest BCUT2D eigenvalue weighted by molar-refractivity contribution is 5.80. The highest BCUT2D eigenvalue weighted by atomic mass is 16.2. The Morgan fingerprint density at radius 1 is 1.64 bits per heavy atom. The zero-order valence-electron chi connectivity index (χ0n) is 8.87. The van der Waals surface area contributed by atoms with Crippen LogP contribution in [-0.4, -0.2) is 35.9 Å². The van der Waals surface area contributed by atoms with Crippen LogP contribution in [0.5, 0.6) is 0 Å². The lowest BCUT2D eigenvalue weighted by Gasteiger charge is -2.17. The lowest BCUT2D eigenvalue weighted by Crippen LogP contribution is -2.41. The molecule has 0 aliphatic heterocycles. The van der Waals surface area contributed by atoms with Crippen LogP contribution in [0.25, 0.3) is 0 Å². The first-order chi connectivity index (χ1) is 6.61. The first-order valence-electron chi connectivity index (χ1n) is 4.67. The first kappa shape index (κ1) is 10.8. The molecule has 0 aliphatic carbocycles. The average molecular weight is 195 g/mol. The predicted molar refractivity (Wildman–Crippen MR) is 55.8 cm³/mol. The van der Waals surface area contributed by atoms with Crippen LogP contribution in [0.3, 0.4) is 0 Å². The smallest absolute Gasteiger partial charge is 0.238 e. The van der Waals surface area contributed by atoms with E-state index in [0.717, 1.165) is 5.56 Å². The number of H-pyrrole nitrogens is 1. The number of carbonyl (C=O) groups excluding carboxylic acids is 1. The van der Waals surface area contributed by atoms with Crippen molar-refractivity contribution in [2.24, 2.45) is 0 Å². The van der Waals surface area contributed by atoms with Gasteiger partial charge in [0.15, 0.2) is 0 Å². The average Bonchev–Trinajstić information content (AvgIpc) is 2.65. The van der Waals surface area contributed by atoms with Gasteiger partial charge in [-0.05, 0) is 18.6 Å². The second kappa shape index (κ2) is 4.81. The van der Waals surface area contributed by atoms with E-state index in [0.29, 0.717) is 6.54 Å². The molecule has 0 saturated carbocycles. The molecule has 0 aromatic carbocycles. The van der Waals surface area contributed by atoms with E-state index in [1.807, 2.05) is 25.4 Å². The minimum Gasteiger partial charge on any atom is -0.367 e. The maximum absolute atomic E-state index is 11.5. The molecule has 0 saturated heterocycles. The number of hydrogen-bond donors (Lipinski definition) is 2. The number of aromatic nitrogens is 1. The number of amides is 1. The normalized spacial score (nSPS) is 12.5. The number of aromatic amines is 1. The molecular weight excluding hydrogens is 178 g/mol. The standard InChI is InChI=1S/C10H17N3O/c1-8(10(14)13(2)3)12-7-9-4-5-11-6-9/h4-6,8,11-12H,7H2,1-3H3. The lowest BCUT2D eigenvalue weighted by molar-refractivity contribution is -0.130. The Morgan fingerprint density at radius 2 is 2.36 bits per heavy atom.